The van der Waals surface area contributed by atoms with Crippen LogP contribution in [0.25, 0.3) is 0 Å². The van der Waals surface area contributed by atoms with Crippen LogP contribution in [0.3, 0.4) is 0 Å². The molecule has 2 heterocycles. The summed E-state index contributed by atoms with van der Waals surface area (Å²) < 4.78 is 5.77. The van der Waals surface area contributed by atoms with Crippen molar-refractivity contribution in [1.82, 2.24) is 9.97 Å². The zero-order chi connectivity index (χ0) is 12.1. The number of nitrogens with one attached hydrogen (secondary N) is 1. The van der Waals surface area contributed by atoms with E-state index in [0.717, 1.165) is 5.76 Å². The number of aromatic nitrogens is 2. The molecule has 1 N–H and O–H groups in total. The second kappa shape index (κ2) is 5.58. The molecule has 0 fully saturated rings. The number of nitrogens with zero attached hydrogens (tertiary/aromatic N) is 2. The van der Waals surface area contributed by atoms with Crippen LogP contribution in [0, 0.1) is 0 Å². The number of anilines is 1. The number of hydrogen-bond acceptors (Lipinski definition) is 4. The van der Waals surface area contributed by atoms with Crippen molar-refractivity contribution in [2.45, 2.75) is 12.8 Å². The quantitative estimate of drug-likeness (QED) is 0.940. The third kappa shape index (κ3) is 3.67. The number of hydrogen-bond donors (Lipinski definition) is 1. The topological polar surface area (TPSA) is 68.0 Å². The van der Waals surface area contributed by atoms with Gasteiger partial charge in [0, 0.05) is 12.8 Å². The molecule has 5 nitrogen and oxygen atoms in total. The van der Waals surface area contributed by atoms with Gasteiger partial charge in [0.05, 0.1) is 18.7 Å². The predicted molar refractivity (Wildman–Crippen MR) is 65.4 cm³/mol. The molecule has 0 aliphatic heterocycles. The first-order valence-corrected chi connectivity index (χ1v) is 5.83. The van der Waals surface area contributed by atoms with Crippen molar-refractivity contribution in [2.75, 3.05) is 5.32 Å². The van der Waals surface area contributed by atoms with E-state index in [-0.39, 0.29) is 5.91 Å². The standard InChI is InChI=1S/C11H10BrN3O2/c12-9-6-14-10(7-13-9)15-11(16)4-3-8-2-1-5-17-8/h1-2,5-7H,3-4H2,(H,14,15,16). The number of amides is 1. The first-order chi connectivity index (χ1) is 8.24. The zero-order valence-corrected chi connectivity index (χ0v) is 10.5. The van der Waals surface area contributed by atoms with Crippen LogP contribution in [0.15, 0.2) is 39.8 Å². The van der Waals surface area contributed by atoms with Crippen molar-refractivity contribution in [3.63, 3.8) is 0 Å². The molecule has 0 aliphatic rings. The third-order valence-electron chi connectivity index (χ3n) is 2.07. The Bertz CT molecular complexity index is 482. The largest absolute Gasteiger partial charge is 0.469 e. The molecule has 17 heavy (non-hydrogen) atoms. The highest BCUT2D eigenvalue weighted by molar-refractivity contribution is 9.10. The van der Waals surface area contributed by atoms with E-state index in [1.807, 2.05) is 6.07 Å². The minimum absolute atomic E-state index is 0.113. The van der Waals surface area contributed by atoms with Gasteiger partial charge in [-0.15, -0.1) is 0 Å². The van der Waals surface area contributed by atoms with Crippen LogP contribution < -0.4 is 5.32 Å². The Morgan fingerprint density at radius 2 is 2.29 bits per heavy atom. The highest BCUT2D eigenvalue weighted by Crippen LogP contribution is 2.08. The van der Waals surface area contributed by atoms with Gasteiger partial charge in [-0.2, -0.15) is 0 Å². The maximum Gasteiger partial charge on any atom is 0.226 e. The maximum absolute atomic E-state index is 11.6. The number of halogens is 1. The summed E-state index contributed by atoms with van der Waals surface area (Å²) in [5.74, 6) is 1.12. The molecule has 0 saturated carbocycles. The van der Waals surface area contributed by atoms with E-state index in [1.54, 1.807) is 12.3 Å². The average Bonchev–Trinajstić information content (AvgIpc) is 2.83. The Morgan fingerprint density at radius 3 is 2.94 bits per heavy atom. The van der Waals surface area contributed by atoms with Crippen LogP contribution >= 0.6 is 15.9 Å². The number of rotatable bonds is 4. The fourth-order valence-electron chi connectivity index (χ4n) is 1.27. The van der Waals surface area contributed by atoms with Crippen molar-refractivity contribution in [2.24, 2.45) is 0 Å². The van der Waals surface area contributed by atoms with E-state index in [4.69, 9.17) is 4.42 Å². The molecule has 0 spiro atoms. The van der Waals surface area contributed by atoms with Gasteiger partial charge in [-0.3, -0.25) is 4.79 Å². The fourth-order valence-corrected chi connectivity index (χ4v) is 1.48. The van der Waals surface area contributed by atoms with Crippen LogP contribution in [0.2, 0.25) is 0 Å². The molecule has 2 aromatic rings. The second-order valence-corrected chi connectivity index (χ2v) is 4.16. The van der Waals surface area contributed by atoms with Crippen LogP contribution in [0.5, 0.6) is 0 Å². The lowest BCUT2D eigenvalue weighted by Crippen LogP contribution is -2.13. The van der Waals surface area contributed by atoms with Gasteiger partial charge in [-0.05, 0) is 28.1 Å². The molecule has 1 amide bonds. The first kappa shape index (κ1) is 11.8. The highest BCUT2D eigenvalue weighted by Gasteiger charge is 2.05. The lowest BCUT2D eigenvalue weighted by molar-refractivity contribution is -0.116. The molecule has 0 saturated heterocycles. The molecular formula is C11H10BrN3O2. The molecule has 6 heteroatoms. The minimum atomic E-state index is -0.113. The van der Waals surface area contributed by atoms with Gasteiger partial charge in [0.15, 0.2) is 5.82 Å². The van der Waals surface area contributed by atoms with Crippen molar-refractivity contribution >= 4 is 27.7 Å². The summed E-state index contributed by atoms with van der Waals surface area (Å²) in [6, 6.07) is 3.64. The van der Waals surface area contributed by atoms with Gasteiger partial charge in [-0.25, -0.2) is 9.97 Å². The third-order valence-corrected chi connectivity index (χ3v) is 2.48. The number of furan rings is 1. The van der Waals surface area contributed by atoms with Gasteiger partial charge in [-0.1, -0.05) is 0 Å². The van der Waals surface area contributed by atoms with E-state index in [1.165, 1.54) is 12.4 Å². The molecular weight excluding hydrogens is 286 g/mol. The summed E-state index contributed by atoms with van der Waals surface area (Å²) >= 11 is 3.17. The van der Waals surface area contributed by atoms with Crippen LogP contribution in [0.1, 0.15) is 12.2 Å². The molecule has 2 rings (SSSR count). The number of carbonyl (C=O) groups excluding carboxylic acids is 1. The lowest BCUT2D eigenvalue weighted by atomic mass is 10.2. The number of aryl methyl sites for hydroxylation is 1. The Morgan fingerprint density at radius 1 is 1.41 bits per heavy atom. The summed E-state index contributed by atoms with van der Waals surface area (Å²) in [5.41, 5.74) is 0. The smallest absolute Gasteiger partial charge is 0.226 e. The fraction of sp³-hybridized carbons (Fsp3) is 0.182. The molecule has 0 radical (unpaired) electrons. The maximum atomic E-state index is 11.6. The second-order valence-electron chi connectivity index (χ2n) is 3.35. The number of carbonyl (C=O) groups is 1. The monoisotopic (exact) mass is 295 g/mol. The minimum Gasteiger partial charge on any atom is -0.469 e. The molecule has 0 bridgehead atoms. The van der Waals surface area contributed by atoms with Gasteiger partial charge >= 0.3 is 0 Å². The summed E-state index contributed by atoms with van der Waals surface area (Å²) in [4.78, 5) is 19.5. The predicted octanol–water partition coefficient (Wildman–Crippen LogP) is 2.40. The highest BCUT2D eigenvalue weighted by atomic mass is 79.9. The summed E-state index contributed by atoms with van der Waals surface area (Å²) in [6.45, 7) is 0. The molecule has 0 atom stereocenters. The van der Waals surface area contributed by atoms with E-state index in [9.17, 15) is 4.79 Å². The SMILES string of the molecule is O=C(CCc1ccco1)Nc1cnc(Br)cn1. The zero-order valence-electron chi connectivity index (χ0n) is 8.89. The normalized spacial score (nSPS) is 10.2. The molecule has 88 valence electrons. The van der Waals surface area contributed by atoms with Crippen molar-refractivity contribution < 1.29 is 9.21 Å². The molecule has 2 aromatic heterocycles. The van der Waals surface area contributed by atoms with Gasteiger partial charge in [0.1, 0.15) is 10.4 Å². The van der Waals surface area contributed by atoms with E-state index < -0.39 is 0 Å². The van der Waals surface area contributed by atoms with Gasteiger partial charge in [0.2, 0.25) is 5.91 Å². The Kier molecular flexibility index (Phi) is 3.87. The Balaban J connectivity index is 1.83. The van der Waals surface area contributed by atoms with E-state index >= 15 is 0 Å². The first-order valence-electron chi connectivity index (χ1n) is 5.04. The van der Waals surface area contributed by atoms with Crippen molar-refractivity contribution in [3.8, 4) is 0 Å². The lowest BCUT2D eigenvalue weighted by Gasteiger charge is -2.02. The summed E-state index contributed by atoms with van der Waals surface area (Å²) in [5, 5.41) is 2.66. The average molecular weight is 296 g/mol. The Labute approximate surface area is 106 Å². The molecule has 0 aliphatic carbocycles. The van der Waals surface area contributed by atoms with Gasteiger partial charge < -0.3 is 9.73 Å². The van der Waals surface area contributed by atoms with Crippen LogP contribution in [0.4, 0.5) is 5.82 Å². The summed E-state index contributed by atoms with van der Waals surface area (Å²) in [6.07, 6.45) is 5.54. The van der Waals surface area contributed by atoms with Gasteiger partial charge in [0.25, 0.3) is 0 Å². The van der Waals surface area contributed by atoms with Crippen LogP contribution in [-0.4, -0.2) is 15.9 Å². The van der Waals surface area contributed by atoms with Crippen molar-refractivity contribution in [1.29, 1.82) is 0 Å². The summed E-state index contributed by atoms with van der Waals surface area (Å²) in [7, 11) is 0. The Hall–Kier alpha value is -1.69. The molecule has 0 aromatic carbocycles. The molecule has 0 unspecified atom stereocenters. The van der Waals surface area contributed by atoms with E-state index in [0.29, 0.717) is 23.3 Å². The van der Waals surface area contributed by atoms with Crippen LogP contribution in [-0.2, 0) is 11.2 Å². The van der Waals surface area contributed by atoms with E-state index in [2.05, 4.69) is 31.2 Å². The van der Waals surface area contributed by atoms with Crippen molar-refractivity contribution in [3.05, 3.63) is 41.2 Å².